The van der Waals surface area contributed by atoms with Gasteiger partial charge in [0.25, 0.3) is 0 Å². The molecule has 0 aliphatic heterocycles. The quantitative estimate of drug-likeness (QED) is 0.450. The smallest absolute Gasteiger partial charge is 0.0687 e. The summed E-state index contributed by atoms with van der Waals surface area (Å²) >= 11 is 0. The van der Waals surface area contributed by atoms with Crippen molar-refractivity contribution < 1.29 is 5.11 Å². The minimum atomic E-state index is -0.214. The van der Waals surface area contributed by atoms with Gasteiger partial charge in [-0.1, -0.05) is 19.9 Å². The van der Waals surface area contributed by atoms with Gasteiger partial charge in [0.2, 0.25) is 0 Å². The molecule has 0 radical (unpaired) electrons. The number of aliphatic hydroxyl groups is 1. The first-order chi connectivity index (χ1) is 5.68. The van der Waals surface area contributed by atoms with Crippen LogP contribution in [-0.4, -0.2) is 24.3 Å². The average Bonchev–Trinajstić information content (AvgIpc) is 2.03. The second-order valence-corrected chi connectivity index (χ2v) is 3.45. The first-order valence-corrected chi connectivity index (χ1v) is 4.68. The lowest BCUT2D eigenvalue weighted by Gasteiger charge is -2.14. The summed E-state index contributed by atoms with van der Waals surface area (Å²) in [5, 5.41) is 12.6. The topological polar surface area (TPSA) is 32.3 Å². The summed E-state index contributed by atoms with van der Waals surface area (Å²) in [6, 6.07) is 0. The molecular formula is C10H21NO. The Morgan fingerprint density at radius 1 is 1.50 bits per heavy atom. The summed E-state index contributed by atoms with van der Waals surface area (Å²) in [7, 11) is 0. The van der Waals surface area contributed by atoms with Crippen molar-refractivity contribution in [1.82, 2.24) is 5.32 Å². The predicted molar refractivity (Wildman–Crippen MR) is 53.1 cm³/mol. The molecule has 0 aliphatic rings. The fourth-order valence-corrected chi connectivity index (χ4v) is 0.857. The maximum Gasteiger partial charge on any atom is 0.0687 e. The van der Waals surface area contributed by atoms with Crippen LogP contribution >= 0.6 is 0 Å². The van der Waals surface area contributed by atoms with Gasteiger partial charge in [-0.15, -0.1) is 6.58 Å². The molecule has 0 saturated carbocycles. The molecule has 0 fully saturated rings. The van der Waals surface area contributed by atoms with Crippen molar-refractivity contribution in [3.8, 4) is 0 Å². The highest BCUT2D eigenvalue weighted by molar-refractivity contribution is 4.67. The molecule has 2 heteroatoms. The van der Waals surface area contributed by atoms with E-state index in [0.29, 0.717) is 12.5 Å². The highest BCUT2D eigenvalue weighted by Gasteiger charge is 2.06. The summed E-state index contributed by atoms with van der Waals surface area (Å²) in [5.41, 5.74) is 0. The van der Waals surface area contributed by atoms with Gasteiger partial charge in [0.15, 0.2) is 0 Å². The Bertz CT molecular complexity index is 112. The minimum absolute atomic E-state index is 0.214. The molecule has 2 N–H and O–H groups in total. The lowest BCUT2D eigenvalue weighted by atomic mass is 10.1. The van der Waals surface area contributed by atoms with Crippen LogP contribution in [0.2, 0.25) is 0 Å². The van der Waals surface area contributed by atoms with E-state index in [1.165, 1.54) is 0 Å². The van der Waals surface area contributed by atoms with Crippen molar-refractivity contribution in [2.45, 2.75) is 32.8 Å². The predicted octanol–water partition coefficient (Wildman–Crippen LogP) is 1.56. The molecule has 0 aromatic rings. The van der Waals surface area contributed by atoms with Crippen LogP contribution < -0.4 is 5.32 Å². The molecule has 0 aromatic carbocycles. The highest BCUT2D eigenvalue weighted by Crippen LogP contribution is 1.98. The number of rotatable bonds is 7. The van der Waals surface area contributed by atoms with E-state index in [1.54, 1.807) is 0 Å². The van der Waals surface area contributed by atoms with Crippen molar-refractivity contribution in [3.63, 3.8) is 0 Å². The van der Waals surface area contributed by atoms with E-state index < -0.39 is 0 Å². The fourth-order valence-electron chi connectivity index (χ4n) is 0.857. The van der Waals surface area contributed by atoms with Crippen LogP contribution in [0.5, 0.6) is 0 Å². The molecular weight excluding hydrogens is 150 g/mol. The largest absolute Gasteiger partial charge is 0.392 e. The minimum Gasteiger partial charge on any atom is -0.392 e. The number of unbranched alkanes of at least 4 members (excludes halogenated alkanes) is 1. The molecule has 1 unspecified atom stereocenters. The van der Waals surface area contributed by atoms with E-state index in [-0.39, 0.29) is 6.10 Å². The standard InChI is InChI=1S/C10H21NO/c1-4-5-6-7-11-8-10(12)9(2)3/h4,9-12H,1,5-8H2,2-3H3. The van der Waals surface area contributed by atoms with E-state index in [4.69, 9.17) is 0 Å². The zero-order chi connectivity index (χ0) is 9.40. The van der Waals surface area contributed by atoms with Crippen molar-refractivity contribution in [2.24, 2.45) is 5.92 Å². The molecule has 1 atom stereocenters. The van der Waals surface area contributed by atoms with Gasteiger partial charge in [0.05, 0.1) is 6.10 Å². The van der Waals surface area contributed by atoms with E-state index in [1.807, 2.05) is 19.9 Å². The Labute approximate surface area is 75.7 Å². The van der Waals surface area contributed by atoms with Gasteiger partial charge in [-0.25, -0.2) is 0 Å². The van der Waals surface area contributed by atoms with Gasteiger partial charge in [0, 0.05) is 6.54 Å². The third-order valence-electron chi connectivity index (χ3n) is 1.88. The second-order valence-electron chi connectivity index (χ2n) is 3.45. The third-order valence-corrected chi connectivity index (χ3v) is 1.88. The lowest BCUT2D eigenvalue weighted by molar-refractivity contribution is 0.124. The molecule has 2 nitrogen and oxygen atoms in total. The first-order valence-electron chi connectivity index (χ1n) is 4.68. The van der Waals surface area contributed by atoms with Crippen LogP contribution in [0.15, 0.2) is 12.7 Å². The Hall–Kier alpha value is -0.340. The van der Waals surface area contributed by atoms with E-state index in [0.717, 1.165) is 19.4 Å². The Morgan fingerprint density at radius 3 is 2.67 bits per heavy atom. The molecule has 72 valence electrons. The number of hydrogen-bond acceptors (Lipinski definition) is 2. The molecule has 0 amide bonds. The molecule has 0 aliphatic carbocycles. The maximum absolute atomic E-state index is 9.40. The molecule has 0 aromatic heterocycles. The molecule has 0 saturated heterocycles. The normalized spacial score (nSPS) is 13.3. The van der Waals surface area contributed by atoms with Crippen molar-refractivity contribution in [3.05, 3.63) is 12.7 Å². The van der Waals surface area contributed by atoms with Crippen molar-refractivity contribution >= 4 is 0 Å². The fraction of sp³-hybridized carbons (Fsp3) is 0.800. The van der Waals surface area contributed by atoms with Crippen LogP contribution in [0.3, 0.4) is 0 Å². The van der Waals surface area contributed by atoms with Gasteiger partial charge in [0.1, 0.15) is 0 Å². The monoisotopic (exact) mass is 171 g/mol. The highest BCUT2D eigenvalue weighted by atomic mass is 16.3. The zero-order valence-electron chi connectivity index (χ0n) is 8.21. The molecule has 0 spiro atoms. The Morgan fingerprint density at radius 2 is 2.17 bits per heavy atom. The first kappa shape index (κ1) is 11.7. The van der Waals surface area contributed by atoms with E-state index in [9.17, 15) is 5.11 Å². The number of nitrogens with one attached hydrogen (secondary N) is 1. The van der Waals surface area contributed by atoms with Crippen LogP contribution in [0.25, 0.3) is 0 Å². The zero-order valence-corrected chi connectivity index (χ0v) is 8.21. The molecule has 0 heterocycles. The Kier molecular flexibility index (Phi) is 7.11. The van der Waals surface area contributed by atoms with Crippen molar-refractivity contribution in [1.29, 1.82) is 0 Å². The van der Waals surface area contributed by atoms with Gasteiger partial charge in [-0.2, -0.15) is 0 Å². The summed E-state index contributed by atoms with van der Waals surface area (Å²) < 4.78 is 0. The van der Waals surface area contributed by atoms with Crippen LogP contribution in [-0.2, 0) is 0 Å². The SMILES string of the molecule is C=CCCCNCC(O)C(C)C. The number of allylic oxidation sites excluding steroid dienone is 1. The van der Waals surface area contributed by atoms with Gasteiger partial charge in [-0.05, 0) is 25.3 Å². The van der Waals surface area contributed by atoms with Gasteiger partial charge >= 0.3 is 0 Å². The van der Waals surface area contributed by atoms with Crippen LogP contribution in [0.4, 0.5) is 0 Å². The van der Waals surface area contributed by atoms with E-state index >= 15 is 0 Å². The molecule has 0 rings (SSSR count). The van der Waals surface area contributed by atoms with Gasteiger partial charge < -0.3 is 10.4 Å². The number of aliphatic hydroxyl groups excluding tert-OH is 1. The number of hydrogen-bond donors (Lipinski definition) is 2. The molecule has 0 bridgehead atoms. The molecule has 12 heavy (non-hydrogen) atoms. The van der Waals surface area contributed by atoms with Crippen LogP contribution in [0.1, 0.15) is 26.7 Å². The maximum atomic E-state index is 9.40. The van der Waals surface area contributed by atoms with Crippen molar-refractivity contribution in [2.75, 3.05) is 13.1 Å². The summed E-state index contributed by atoms with van der Waals surface area (Å²) in [4.78, 5) is 0. The second kappa shape index (κ2) is 7.32. The van der Waals surface area contributed by atoms with Crippen LogP contribution in [0, 0.1) is 5.92 Å². The van der Waals surface area contributed by atoms with E-state index in [2.05, 4.69) is 11.9 Å². The summed E-state index contributed by atoms with van der Waals surface area (Å²) in [5.74, 6) is 0.344. The summed E-state index contributed by atoms with van der Waals surface area (Å²) in [6.07, 6.45) is 3.85. The summed E-state index contributed by atoms with van der Waals surface area (Å²) in [6.45, 7) is 9.36. The average molecular weight is 171 g/mol. The lowest BCUT2D eigenvalue weighted by Crippen LogP contribution is -2.31. The third kappa shape index (κ3) is 6.38. The Balaban J connectivity index is 3.13. The van der Waals surface area contributed by atoms with Gasteiger partial charge in [-0.3, -0.25) is 0 Å².